The van der Waals surface area contributed by atoms with Crippen molar-refractivity contribution in [3.05, 3.63) is 65.7 Å². The van der Waals surface area contributed by atoms with Gasteiger partial charge in [0, 0.05) is 0 Å². The fraction of sp³-hybridized carbons (Fsp3) is 0.0714. The Morgan fingerprint density at radius 3 is 2.12 bits per heavy atom. The maximum Gasteiger partial charge on any atom is 0.134 e. The van der Waals surface area contributed by atoms with E-state index >= 15 is 0 Å². The van der Waals surface area contributed by atoms with E-state index in [4.69, 9.17) is 5.26 Å². The first-order valence-corrected chi connectivity index (χ1v) is 6.08. The Labute approximate surface area is 105 Å². The molecule has 84 valence electrons. The van der Waals surface area contributed by atoms with E-state index in [0.29, 0.717) is 0 Å². The Balaban J connectivity index is 2.36. The molecule has 3 heteroatoms. The number of aromatic hydroxyl groups is 1. The van der Waals surface area contributed by atoms with Crippen LogP contribution in [0, 0.1) is 10.7 Å². The van der Waals surface area contributed by atoms with Crippen molar-refractivity contribution in [2.24, 2.45) is 0 Å². The first kappa shape index (κ1) is 11.6. The molecule has 0 amide bonds. The summed E-state index contributed by atoms with van der Waals surface area (Å²) in [5.41, 5.74) is 2.10. The Morgan fingerprint density at radius 1 is 0.941 bits per heavy atom. The highest BCUT2D eigenvalue weighted by molar-refractivity contribution is 8.04. The minimum absolute atomic E-state index is 0.0122. The van der Waals surface area contributed by atoms with Crippen LogP contribution in [0.3, 0.4) is 0 Å². The average molecular weight is 241 g/mol. The monoisotopic (exact) mass is 241 g/mol. The lowest BCUT2D eigenvalue weighted by Crippen LogP contribution is -1.95. The summed E-state index contributed by atoms with van der Waals surface area (Å²) in [6.07, 6.45) is 0. The van der Waals surface area contributed by atoms with E-state index in [-0.39, 0.29) is 11.0 Å². The number of benzene rings is 2. The molecule has 0 saturated heterocycles. The molecule has 0 aromatic heterocycles. The van der Waals surface area contributed by atoms with E-state index in [0.717, 1.165) is 11.1 Å². The van der Waals surface area contributed by atoms with Gasteiger partial charge in [0.15, 0.2) is 0 Å². The minimum atomic E-state index is -0.0122. The Kier molecular flexibility index (Phi) is 3.69. The average Bonchev–Trinajstić information content (AvgIpc) is 2.38. The summed E-state index contributed by atoms with van der Waals surface area (Å²) < 4.78 is 0. The molecule has 2 aromatic carbocycles. The van der Waals surface area contributed by atoms with Crippen LogP contribution in [0.2, 0.25) is 0 Å². The van der Waals surface area contributed by atoms with E-state index in [1.54, 1.807) is 12.1 Å². The van der Waals surface area contributed by atoms with Gasteiger partial charge in [-0.2, -0.15) is 5.26 Å². The van der Waals surface area contributed by atoms with Crippen LogP contribution in [0.25, 0.3) is 0 Å². The van der Waals surface area contributed by atoms with Gasteiger partial charge >= 0.3 is 0 Å². The molecule has 2 nitrogen and oxygen atoms in total. The second-order valence-electron chi connectivity index (χ2n) is 3.59. The topological polar surface area (TPSA) is 44.0 Å². The molecule has 0 saturated carbocycles. The number of phenolic OH excluding ortho intramolecular Hbond substituents is 1. The van der Waals surface area contributed by atoms with Gasteiger partial charge in [-0.25, -0.2) is 0 Å². The van der Waals surface area contributed by atoms with Crippen LogP contribution in [-0.2, 0) is 0 Å². The van der Waals surface area contributed by atoms with Crippen molar-refractivity contribution in [1.82, 2.24) is 0 Å². The van der Waals surface area contributed by atoms with Gasteiger partial charge in [-0.1, -0.05) is 42.5 Å². The van der Waals surface area contributed by atoms with Crippen molar-refractivity contribution >= 4 is 11.8 Å². The van der Waals surface area contributed by atoms with Crippen molar-refractivity contribution in [2.45, 2.75) is 5.25 Å². The molecular formula is C14H11NOS. The second kappa shape index (κ2) is 5.42. The summed E-state index contributed by atoms with van der Waals surface area (Å²) in [6, 6.07) is 16.8. The molecule has 0 aliphatic carbocycles. The van der Waals surface area contributed by atoms with E-state index in [9.17, 15) is 5.11 Å². The third kappa shape index (κ3) is 2.80. The summed E-state index contributed by atoms with van der Waals surface area (Å²) in [7, 11) is 0. The lowest BCUT2D eigenvalue weighted by molar-refractivity contribution is 0.475. The molecule has 0 heterocycles. The van der Waals surface area contributed by atoms with Crippen LogP contribution in [0.15, 0.2) is 54.6 Å². The number of hydrogen-bond donors (Lipinski definition) is 1. The molecule has 2 rings (SSSR count). The summed E-state index contributed by atoms with van der Waals surface area (Å²) >= 11 is 1.21. The first-order chi connectivity index (χ1) is 8.31. The molecule has 0 bridgehead atoms. The van der Waals surface area contributed by atoms with Crippen LogP contribution < -0.4 is 0 Å². The fourth-order valence-electron chi connectivity index (χ4n) is 1.66. The van der Waals surface area contributed by atoms with Crippen molar-refractivity contribution in [1.29, 1.82) is 5.26 Å². The number of hydrogen-bond acceptors (Lipinski definition) is 3. The molecule has 1 atom stereocenters. The van der Waals surface area contributed by atoms with Gasteiger partial charge < -0.3 is 5.11 Å². The van der Waals surface area contributed by atoms with E-state index < -0.39 is 0 Å². The van der Waals surface area contributed by atoms with E-state index in [2.05, 4.69) is 5.40 Å². The molecule has 2 aromatic rings. The van der Waals surface area contributed by atoms with E-state index in [1.165, 1.54) is 11.8 Å². The zero-order valence-corrected chi connectivity index (χ0v) is 9.89. The van der Waals surface area contributed by atoms with Gasteiger partial charge in [-0.3, -0.25) is 0 Å². The smallest absolute Gasteiger partial charge is 0.134 e. The van der Waals surface area contributed by atoms with Gasteiger partial charge in [0.1, 0.15) is 11.2 Å². The zero-order valence-electron chi connectivity index (χ0n) is 9.08. The summed E-state index contributed by atoms with van der Waals surface area (Å²) in [5.74, 6) is 0.238. The number of thiocyanates is 1. The number of nitriles is 1. The highest BCUT2D eigenvalue weighted by Gasteiger charge is 2.14. The predicted octanol–water partition coefficient (Wildman–Crippen LogP) is 3.70. The molecular weight excluding hydrogens is 230 g/mol. The predicted molar refractivity (Wildman–Crippen MR) is 69.6 cm³/mol. The number of thioether (sulfide) groups is 1. The lowest BCUT2D eigenvalue weighted by Gasteiger charge is -2.13. The van der Waals surface area contributed by atoms with E-state index in [1.807, 2.05) is 42.5 Å². The molecule has 0 aliphatic heterocycles. The van der Waals surface area contributed by atoms with Crippen molar-refractivity contribution < 1.29 is 5.11 Å². The molecule has 0 aliphatic rings. The first-order valence-electron chi connectivity index (χ1n) is 5.20. The minimum Gasteiger partial charge on any atom is -0.508 e. The van der Waals surface area contributed by atoms with Gasteiger partial charge in [0.25, 0.3) is 0 Å². The largest absolute Gasteiger partial charge is 0.508 e. The molecule has 17 heavy (non-hydrogen) atoms. The highest BCUT2D eigenvalue weighted by Crippen LogP contribution is 2.35. The third-order valence-corrected chi connectivity index (χ3v) is 3.35. The van der Waals surface area contributed by atoms with Crippen molar-refractivity contribution in [2.75, 3.05) is 0 Å². The molecule has 0 fully saturated rings. The van der Waals surface area contributed by atoms with Crippen molar-refractivity contribution in [3.8, 4) is 11.2 Å². The lowest BCUT2D eigenvalue weighted by atomic mass is 10.0. The Hall–Kier alpha value is -1.92. The highest BCUT2D eigenvalue weighted by atomic mass is 32.2. The summed E-state index contributed by atoms with van der Waals surface area (Å²) in [4.78, 5) is 0. The zero-order chi connectivity index (χ0) is 12.1. The van der Waals surface area contributed by atoms with Crippen LogP contribution in [0.4, 0.5) is 0 Å². The molecule has 0 spiro atoms. The SMILES string of the molecule is N#CSC(c1ccccc1)c1ccc(O)cc1. The van der Waals surface area contributed by atoms with Gasteiger partial charge in [0.05, 0.1) is 5.25 Å². The van der Waals surface area contributed by atoms with Crippen LogP contribution in [-0.4, -0.2) is 5.11 Å². The summed E-state index contributed by atoms with van der Waals surface area (Å²) in [6.45, 7) is 0. The number of nitrogens with zero attached hydrogens (tertiary/aromatic N) is 1. The van der Waals surface area contributed by atoms with Gasteiger partial charge in [0.2, 0.25) is 0 Å². The van der Waals surface area contributed by atoms with Gasteiger partial charge in [-0.05, 0) is 35.0 Å². The summed E-state index contributed by atoms with van der Waals surface area (Å²) in [5, 5.41) is 20.3. The molecule has 1 unspecified atom stereocenters. The number of phenols is 1. The van der Waals surface area contributed by atoms with Crippen molar-refractivity contribution in [3.63, 3.8) is 0 Å². The standard InChI is InChI=1S/C14H11NOS/c15-10-17-14(11-4-2-1-3-5-11)12-6-8-13(16)9-7-12/h1-9,14,16H. The Morgan fingerprint density at radius 2 is 1.53 bits per heavy atom. The number of rotatable bonds is 3. The van der Waals surface area contributed by atoms with Crippen LogP contribution >= 0.6 is 11.8 Å². The second-order valence-corrected chi connectivity index (χ2v) is 4.48. The van der Waals surface area contributed by atoms with Gasteiger partial charge in [-0.15, -0.1) is 0 Å². The third-order valence-electron chi connectivity index (χ3n) is 2.47. The fourth-order valence-corrected chi connectivity index (χ4v) is 2.35. The maximum atomic E-state index is 9.27. The van der Waals surface area contributed by atoms with Crippen LogP contribution in [0.5, 0.6) is 5.75 Å². The molecule has 1 N–H and O–H groups in total. The Bertz CT molecular complexity index is 516. The maximum absolute atomic E-state index is 9.27. The van der Waals surface area contributed by atoms with Crippen LogP contribution in [0.1, 0.15) is 16.4 Å². The quantitative estimate of drug-likeness (QED) is 0.833. The molecule has 0 radical (unpaired) electrons. The normalized spacial score (nSPS) is 11.7.